The molecule has 1 aliphatic heterocycles. The predicted octanol–water partition coefficient (Wildman–Crippen LogP) is 2.61. The Hall–Kier alpha value is -0.970. The zero-order valence-corrected chi connectivity index (χ0v) is 12.7. The fraction of sp³-hybridized carbons (Fsp3) is 0.600. The van der Waals surface area contributed by atoms with Crippen LogP contribution in [0.1, 0.15) is 25.8 Å². The molecule has 1 unspecified atom stereocenters. The zero-order chi connectivity index (χ0) is 14.5. The zero-order valence-electron chi connectivity index (χ0n) is 12.0. The third-order valence-corrected chi connectivity index (χ3v) is 3.75. The number of nitrogens with one attached hydrogen (secondary N) is 1. The van der Waals surface area contributed by atoms with Crippen molar-refractivity contribution < 1.29 is 14.6 Å². The van der Waals surface area contributed by atoms with Gasteiger partial charge in [-0.3, -0.25) is 0 Å². The summed E-state index contributed by atoms with van der Waals surface area (Å²) in [5.74, 6) is 1.82. The smallest absolute Gasteiger partial charge is 0.179 e. The molecule has 0 fully saturated rings. The van der Waals surface area contributed by atoms with E-state index in [1.165, 1.54) is 0 Å². The molecular formula is C15H22ClNO3. The summed E-state index contributed by atoms with van der Waals surface area (Å²) in [5, 5.41) is 13.1. The van der Waals surface area contributed by atoms with Crippen molar-refractivity contribution >= 4 is 11.6 Å². The van der Waals surface area contributed by atoms with E-state index < -0.39 is 0 Å². The molecule has 0 saturated heterocycles. The quantitative estimate of drug-likeness (QED) is 0.848. The Labute approximate surface area is 125 Å². The predicted molar refractivity (Wildman–Crippen MR) is 79.6 cm³/mol. The van der Waals surface area contributed by atoms with E-state index in [4.69, 9.17) is 26.2 Å². The minimum Gasteiger partial charge on any atom is -0.486 e. The number of rotatable bonds is 6. The fourth-order valence-electron chi connectivity index (χ4n) is 2.33. The molecule has 0 bridgehead atoms. The second-order valence-electron chi connectivity index (χ2n) is 5.35. The Balaban J connectivity index is 2.04. The second kappa shape index (κ2) is 7.16. The first-order chi connectivity index (χ1) is 9.61. The molecule has 1 heterocycles. The maximum atomic E-state index is 9.09. The maximum Gasteiger partial charge on any atom is 0.179 e. The summed E-state index contributed by atoms with van der Waals surface area (Å²) in [4.78, 5) is 0. The van der Waals surface area contributed by atoms with Gasteiger partial charge in [0.25, 0.3) is 0 Å². The largest absolute Gasteiger partial charge is 0.486 e. The summed E-state index contributed by atoms with van der Waals surface area (Å²) in [6, 6.07) is 4.15. The number of benzene rings is 1. The number of hydrogen-bond donors (Lipinski definition) is 2. The van der Waals surface area contributed by atoms with E-state index in [0.717, 1.165) is 12.0 Å². The highest BCUT2D eigenvalue weighted by atomic mass is 35.5. The average Bonchev–Trinajstić information content (AvgIpc) is 2.43. The molecule has 112 valence electrons. The number of aliphatic hydroxyl groups excluding tert-OH is 1. The number of aliphatic hydroxyl groups is 1. The van der Waals surface area contributed by atoms with Crippen molar-refractivity contribution in [3.05, 3.63) is 22.7 Å². The monoisotopic (exact) mass is 299 g/mol. The summed E-state index contributed by atoms with van der Waals surface area (Å²) in [5.41, 5.74) is 1.06. The lowest BCUT2D eigenvalue weighted by Gasteiger charge is -2.23. The van der Waals surface area contributed by atoms with Gasteiger partial charge in [-0.2, -0.15) is 0 Å². The summed E-state index contributed by atoms with van der Waals surface area (Å²) >= 11 is 6.21. The molecule has 2 N–H and O–H groups in total. The van der Waals surface area contributed by atoms with Gasteiger partial charge in [-0.25, -0.2) is 0 Å². The Bertz CT molecular complexity index is 451. The highest BCUT2D eigenvalue weighted by molar-refractivity contribution is 6.32. The third-order valence-electron chi connectivity index (χ3n) is 3.47. The van der Waals surface area contributed by atoms with Gasteiger partial charge < -0.3 is 19.9 Å². The molecule has 1 aromatic rings. The van der Waals surface area contributed by atoms with Crippen molar-refractivity contribution in [2.45, 2.75) is 32.9 Å². The van der Waals surface area contributed by atoms with Gasteiger partial charge in [0.2, 0.25) is 0 Å². The Morgan fingerprint density at radius 2 is 2.05 bits per heavy atom. The first-order valence-electron chi connectivity index (χ1n) is 7.04. The van der Waals surface area contributed by atoms with E-state index in [9.17, 15) is 0 Å². The Kier molecular flexibility index (Phi) is 5.52. The molecule has 1 aromatic carbocycles. The molecule has 1 atom stereocenters. The van der Waals surface area contributed by atoms with Gasteiger partial charge in [-0.05, 0) is 30.0 Å². The van der Waals surface area contributed by atoms with Crippen LogP contribution in [-0.2, 0) is 6.54 Å². The third kappa shape index (κ3) is 3.78. The van der Waals surface area contributed by atoms with Crippen molar-refractivity contribution in [2.75, 3.05) is 19.8 Å². The van der Waals surface area contributed by atoms with Crippen LogP contribution >= 0.6 is 11.6 Å². The molecule has 1 aliphatic rings. The molecule has 0 spiro atoms. The molecule has 20 heavy (non-hydrogen) atoms. The summed E-state index contributed by atoms with van der Waals surface area (Å²) in [6.07, 6.45) is 0.746. The van der Waals surface area contributed by atoms with Crippen LogP contribution < -0.4 is 14.8 Å². The van der Waals surface area contributed by atoms with E-state index in [0.29, 0.717) is 42.2 Å². The van der Waals surface area contributed by atoms with Crippen LogP contribution in [0.15, 0.2) is 12.1 Å². The summed E-state index contributed by atoms with van der Waals surface area (Å²) in [7, 11) is 0. The lowest BCUT2D eigenvalue weighted by Crippen LogP contribution is -2.34. The van der Waals surface area contributed by atoms with Gasteiger partial charge in [0.1, 0.15) is 13.2 Å². The van der Waals surface area contributed by atoms with E-state index >= 15 is 0 Å². The standard InChI is InChI=1S/C15H22ClNO3/c1-10(2)13(3-4-18)17-9-11-7-12(16)15-14(8-11)19-5-6-20-15/h7-8,10,13,17-18H,3-6,9H2,1-2H3. The van der Waals surface area contributed by atoms with E-state index in [1.54, 1.807) is 0 Å². The number of hydrogen-bond acceptors (Lipinski definition) is 4. The number of fused-ring (bicyclic) bond motifs is 1. The van der Waals surface area contributed by atoms with Crippen LogP contribution in [0.25, 0.3) is 0 Å². The van der Waals surface area contributed by atoms with Gasteiger partial charge in [-0.15, -0.1) is 0 Å². The summed E-state index contributed by atoms with van der Waals surface area (Å²) < 4.78 is 11.1. The topological polar surface area (TPSA) is 50.7 Å². The van der Waals surface area contributed by atoms with Crippen molar-refractivity contribution in [3.8, 4) is 11.5 Å². The molecule has 4 nitrogen and oxygen atoms in total. The minimum atomic E-state index is 0.192. The van der Waals surface area contributed by atoms with Crippen LogP contribution in [0.4, 0.5) is 0 Å². The van der Waals surface area contributed by atoms with Crippen molar-refractivity contribution in [1.82, 2.24) is 5.32 Å². The fourth-order valence-corrected chi connectivity index (χ4v) is 2.61. The van der Waals surface area contributed by atoms with Gasteiger partial charge in [0, 0.05) is 19.2 Å². The van der Waals surface area contributed by atoms with Crippen LogP contribution in [0.5, 0.6) is 11.5 Å². The highest BCUT2D eigenvalue weighted by Crippen LogP contribution is 2.38. The normalized spacial score (nSPS) is 15.4. The summed E-state index contributed by atoms with van der Waals surface area (Å²) in [6.45, 7) is 6.26. The molecule has 0 radical (unpaired) electrons. The molecule has 0 aromatic heterocycles. The van der Waals surface area contributed by atoms with Crippen molar-refractivity contribution in [1.29, 1.82) is 0 Å². The lowest BCUT2D eigenvalue weighted by molar-refractivity contribution is 0.171. The Morgan fingerprint density at radius 1 is 1.30 bits per heavy atom. The van der Waals surface area contributed by atoms with Crippen LogP contribution in [0.2, 0.25) is 5.02 Å². The second-order valence-corrected chi connectivity index (χ2v) is 5.75. The average molecular weight is 300 g/mol. The molecule has 0 aliphatic carbocycles. The molecule has 0 saturated carbocycles. The van der Waals surface area contributed by atoms with Crippen molar-refractivity contribution in [2.24, 2.45) is 5.92 Å². The van der Waals surface area contributed by atoms with Crippen molar-refractivity contribution in [3.63, 3.8) is 0 Å². The molecule has 2 rings (SSSR count). The first kappa shape index (κ1) is 15.4. The molecular weight excluding hydrogens is 278 g/mol. The van der Waals surface area contributed by atoms with Gasteiger partial charge >= 0.3 is 0 Å². The number of halogens is 1. The SMILES string of the molecule is CC(C)C(CCO)NCc1cc(Cl)c2c(c1)OCCO2. The first-order valence-corrected chi connectivity index (χ1v) is 7.42. The lowest BCUT2D eigenvalue weighted by atomic mass is 10.0. The molecule has 5 heteroatoms. The minimum absolute atomic E-state index is 0.192. The van der Waals surface area contributed by atoms with E-state index in [1.807, 2.05) is 12.1 Å². The van der Waals surface area contributed by atoms with Gasteiger partial charge in [0.15, 0.2) is 11.5 Å². The molecule has 0 amide bonds. The van der Waals surface area contributed by atoms with Crippen LogP contribution in [0, 0.1) is 5.92 Å². The van der Waals surface area contributed by atoms with Gasteiger partial charge in [0.05, 0.1) is 5.02 Å². The van der Waals surface area contributed by atoms with E-state index in [-0.39, 0.29) is 12.6 Å². The van der Waals surface area contributed by atoms with Gasteiger partial charge in [-0.1, -0.05) is 25.4 Å². The highest BCUT2D eigenvalue weighted by Gasteiger charge is 2.17. The van der Waals surface area contributed by atoms with Crippen LogP contribution in [0.3, 0.4) is 0 Å². The maximum absolute atomic E-state index is 9.09. The van der Waals surface area contributed by atoms with E-state index in [2.05, 4.69) is 19.2 Å². The van der Waals surface area contributed by atoms with Crippen LogP contribution in [-0.4, -0.2) is 31.0 Å². The Morgan fingerprint density at radius 3 is 2.75 bits per heavy atom. The number of ether oxygens (including phenoxy) is 2.